The molecule has 0 aliphatic carbocycles. The first-order valence-corrected chi connectivity index (χ1v) is 13.0. The Balaban J connectivity index is 1.28. The molecule has 188 valence electrons. The highest BCUT2D eigenvalue weighted by Gasteiger charge is 2.21. The van der Waals surface area contributed by atoms with Crippen molar-refractivity contribution in [3.63, 3.8) is 0 Å². The molecule has 6 nitrogen and oxygen atoms in total. The summed E-state index contributed by atoms with van der Waals surface area (Å²) < 4.78 is 0. The number of aromatic nitrogens is 1. The van der Waals surface area contributed by atoms with Crippen molar-refractivity contribution < 1.29 is 4.79 Å². The van der Waals surface area contributed by atoms with Gasteiger partial charge in [0.2, 0.25) is 5.91 Å². The number of hydrogen-bond acceptors (Lipinski definition) is 5. The SMILES string of the molecule is CC(C)C(=O)Nc1cccc(C2CCN(CCC/C(=N\Nc3ccccn3)c3ccccc3)CC2)c1. The minimum absolute atomic E-state index is 0.0184. The molecule has 2 heterocycles. The second-order valence-electron chi connectivity index (χ2n) is 9.74. The molecule has 4 rings (SSSR count). The molecule has 0 radical (unpaired) electrons. The van der Waals surface area contributed by atoms with Gasteiger partial charge in [0.15, 0.2) is 0 Å². The van der Waals surface area contributed by atoms with E-state index in [-0.39, 0.29) is 11.8 Å². The number of carbonyl (C=O) groups excluding carboxylic acids is 1. The van der Waals surface area contributed by atoms with Crippen LogP contribution in [0.5, 0.6) is 0 Å². The van der Waals surface area contributed by atoms with Crippen molar-refractivity contribution in [3.05, 3.63) is 90.1 Å². The van der Waals surface area contributed by atoms with Gasteiger partial charge in [0, 0.05) is 17.8 Å². The number of nitrogens with zero attached hydrogens (tertiary/aromatic N) is 3. The molecule has 1 amide bonds. The Morgan fingerprint density at radius 2 is 1.81 bits per heavy atom. The summed E-state index contributed by atoms with van der Waals surface area (Å²) in [5.41, 5.74) is 7.54. The zero-order chi connectivity index (χ0) is 25.2. The number of benzene rings is 2. The van der Waals surface area contributed by atoms with Crippen molar-refractivity contribution in [2.24, 2.45) is 11.0 Å². The molecule has 0 bridgehead atoms. The third-order valence-corrected chi connectivity index (χ3v) is 6.70. The summed E-state index contributed by atoms with van der Waals surface area (Å²) in [7, 11) is 0. The Hall–Kier alpha value is -3.51. The van der Waals surface area contributed by atoms with Crippen LogP contribution >= 0.6 is 0 Å². The minimum atomic E-state index is -0.0184. The van der Waals surface area contributed by atoms with Crippen LogP contribution in [0.25, 0.3) is 0 Å². The minimum Gasteiger partial charge on any atom is -0.326 e. The summed E-state index contributed by atoms with van der Waals surface area (Å²) in [5, 5.41) is 7.73. The first-order valence-electron chi connectivity index (χ1n) is 13.0. The lowest BCUT2D eigenvalue weighted by Gasteiger charge is -2.32. The molecule has 1 aliphatic heterocycles. The van der Waals surface area contributed by atoms with E-state index in [1.807, 2.05) is 44.2 Å². The van der Waals surface area contributed by atoms with Crippen LogP contribution in [0.15, 0.2) is 84.1 Å². The fourth-order valence-electron chi connectivity index (χ4n) is 4.57. The molecule has 0 saturated carbocycles. The summed E-state index contributed by atoms with van der Waals surface area (Å²) >= 11 is 0. The molecular weight excluding hydrogens is 446 g/mol. The van der Waals surface area contributed by atoms with E-state index < -0.39 is 0 Å². The van der Waals surface area contributed by atoms with Crippen LogP contribution < -0.4 is 10.7 Å². The number of anilines is 2. The summed E-state index contributed by atoms with van der Waals surface area (Å²) in [5.74, 6) is 1.34. The van der Waals surface area contributed by atoms with Crippen molar-refractivity contribution in [2.45, 2.75) is 45.4 Å². The molecule has 0 unspecified atom stereocenters. The van der Waals surface area contributed by atoms with Gasteiger partial charge in [-0.1, -0.05) is 62.4 Å². The van der Waals surface area contributed by atoms with Gasteiger partial charge in [-0.25, -0.2) is 4.98 Å². The zero-order valence-electron chi connectivity index (χ0n) is 21.4. The van der Waals surface area contributed by atoms with Gasteiger partial charge in [-0.05, 0) is 86.6 Å². The number of amides is 1. The number of piperidine rings is 1. The van der Waals surface area contributed by atoms with Crippen molar-refractivity contribution in [1.29, 1.82) is 0 Å². The van der Waals surface area contributed by atoms with Crippen LogP contribution in [0.4, 0.5) is 11.5 Å². The second kappa shape index (κ2) is 13.0. The molecule has 6 heteroatoms. The molecule has 1 aliphatic rings. The summed E-state index contributed by atoms with van der Waals surface area (Å²) in [6, 6.07) is 24.5. The van der Waals surface area contributed by atoms with Crippen LogP contribution in [0.1, 0.15) is 56.6 Å². The Bertz CT molecular complexity index is 1120. The lowest BCUT2D eigenvalue weighted by molar-refractivity contribution is -0.118. The summed E-state index contributed by atoms with van der Waals surface area (Å²) in [6.45, 7) is 7.09. The van der Waals surface area contributed by atoms with Gasteiger partial charge in [-0.3, -0.25) is 10.2 Å². The predicted molar refractivity (Wildman–Crippen MR) is 148 cm³/mol. The van der Waals surface area contributed by atoms with E-state index in [0.717, 1.165) is 68.1 Å². The van der Waals surface area contributed by atoms with E-state index in [4.69, 9.17) is 5.10 Å². The van der Waals surface area contributed by atoms with E-state index in [0.29, 0.717) is 5.92 Å². The molecular formula is C30H37N5O. The highest BCUT2D eigenvalue weighted by Crippen LogP contribution is 2.30. The van der Waals surface area contributed by atoms with Gasteiger partial charge in [-0.2, -0.15) is 5.10 Å². The van der Waals surface area contributed by atoms with Crippen LogP contribution in [0, 0.1) is 5.92 Å². The molecule has 0 atom stereocenters. The Labute approximate surface area is 214 Å². The Morgan fingerprint density at radius 1 is 1.03 bits per heavy atom. The molecule has 36 heavy (non-hydrogen) atoms. The first-order chi connectivity index (χ1) is 17.6. The summed E-state index contributed by atoms with van der Waals surface area (Å²) in [6.07, 6.45) is 6.01. The van der Waals surface area contributed by atoms with Gasteiger partial charge in [-0.15, -0.1) is 0 Å². The monoisotopic (exact) mass is 483 g/mol. The zero-order valence-corrected chi connectivity index (χ0v) is 21.4. The summed E-state index contributed by atoms with van der Waals surface area (Å²) in [4.78, 5) is 18.9. The second-order valence-corrected chi connectivity index (χ2v) is 9.74. The fraction of sp³-hybridized carbons (Fsp3) is 0.367. The molecule has 1 saturated heterocycles. The molecule has 2 aromatic carbocycles. The average Bonchev–Trinajstić information content (AvgIpc) is 2.92. The lowest BCUT2D eigenvalue weighted by atomic mass is 9.89. The van der Waals surface area contributed by atoms with Crippen LogP contribution in [-0.2, 0) is 4.79 Å². The van der Waals surface area contributed by atoms with Crippen molar-refractivity contribution in [2.75, 3.05) is 30.4 Å². The molecule has 3 aromatic rings. The average molecular weight is 484 g/mol. The standard InChI is InChI=1S/C30H37N5O/c1-23(2)30(36)32-27-13-8-12-26(22-27)24-16-20-35(21-17-24)19-9-14-28(25-10-4-3-5-11-25)33-34-29-15-6-7-18-31-29/h3-8,10-13,15,18,22-24H,9,14,16-17,19-21H2,1-2H3,(H,31,34)(H,32,36)/b33-28+. The molecule has 2 N–H and O–H groups in total. The van der Waals surface area contributed by atoms with Crippen LogP contribution in [0.3, 0.4) is 0 Å². The number of pyridine rings is 1. The topological polar surface area (TPSA) is 69.6 Å². The normalized spacial score (nSPS) is 15.1. The van der Waals surface area contributed by atoms with Gasteiger partial charge in [0.1, 0.15) is 5.82 Å². The Morgan fingerprint density at radius 3 is 2.53 bits per heavy atom. The largest absolute Gasteiger partial charge is 0.326 e. The Kier molecular flexibility index (Phi) is 9.22. The molecule has 1 fully saturated rings. The van der Waals surface area contributed by atoms with E-state index in [9.17, 15) is 4.79 Å². The molecule has 1 aromatic heterocycles. The van der Waals surface area contributed by atoms with E-state index in [1.165, 1.54) is 5.56 Å². The predicted octanol–water partition coefficient (Wildman–Crippen LogP) is 6.15. The van der Waals surface area contributed by atoms with Gasteiger partial charge >= 0.3 is 0 Å². The van der Waals surface area contributed by atoms with Crippen molar-refractivity contribution in [1.82, 2.24) is 9.88 Å². The quantitative estimate of drug-likeness (QED) is 0.268. The number of carbonyl (C=O) groups is 1. The maximum Gasteiger partial charge on any atom is 0.226 e. The van der Waals surface area contributed by atoms with Gasteiger partial charge in [0.05, 0.1) is 5.71 Å². The van der Waals surface area contributed by atoms with E-state index >= 15 is 0 Å². The van der Waals surface area contributed by atoms with E-state index in [2.05, 4.69) is 63.1 Å². The van der Waals surface area contributed by atoms with Crippen LogP contribution in [0.2, 0.25) is 0 Å². The maximum atomic E-state index is 12.1. The third-order valence-electron chi connectivity index (χ3n) is 6.70. The highest BCUT2D eigenvalue weighted by atomic mass is 16.1. The number of hydrazone groups is 1. The lowest BCUT2D eigenvalue weighted by Crippen LogP contribution is -2.34. The van der Waals surface area contributed by atoms with Gasteiger partial charge < -0.3 is 10.2 Å². The fourth-order valence-corrected chi connectivity index (χ4v) is 4.57. The number of hydrogen-bond donors (Lipinski definition) is 2. The van der Waals surface area contributed by atoms with Crippen molar-refractivity contribution >= 4 is 23.1 Å². The first kappa shape index (κ1) is 25.6. The molecule has 0 spiro atoms. The smallest absolute Gasteiger partial charge is 0.226 e. The van der Waals surface area contributed by atoms with Crippen LogP contribution in [-0.4, -0.2) is 41.1 Å². The van der Waals surface area contributed by atoms with Crippen molar-refractivity contribution in [3.8, 4) is 0 Å². The van der Waals surface area contributed by atoms with E-state index in [1.54, 1.807) is 6.20 Å². The third kappa shape index (κ3) is 7.49. The maximum absolute atomic E-state index is 12.1. The number of nitrogens with one attached hydrogen (secondary N) is 2. The number of rotatable bonds is 10. The van der Waals surface area contributed by atoms with Gasteiger partial charge in [0.25, 0.3) is 0 Å². The highest BCUT2D eigenvalue weighted by molar-refractivity contribution is 6.00. The number of likely N-dealkylation sites (tertiary alicyclic amines) is 1.